The molecule has 2 N–H and O–H groups in total. The lowest BCUT2D eigenvalue weighted by Gasteiger charge is -2.28. The highest BCUT2D eigenvalue weighted by atomic mass is 16.5. The Morgan fingerprint density at radius 2 is 2.33 bits per heavy atom. The summed E-state index contributed by atoms with van der Waals surface area (Å²) in [6.45, 7) is 5.05. The predicted octanol–water partition coefficient (Wildman–Crippen LogP) is 2.22. The van der Waals surface area contributed by atoms with Gasteiger partial charge >= 0.3 is 5.97 Å². The number of benzene rings is 1. The Morgan fingerprint density at radius 3 is 3.00 bits per heavy atom. The second-order valence-electron chi connectivity index (χ2n) is 5.72. The van der Waals surface area contributed by atoms with Gasteiger partial charge in [0.1, 0.15) is 11.9 Å². The maximum atomic E-state index is 10.7. The average Bonchev–Trinajstić information content (AvgIpc) is 2.45. The molecule has 0 fully saturated rings. The Kier molecular flexibility index (Phi) is 5.07. The molecule has 5 heteroatoms. The Morgan fingerprint density at radius 1 is 1.57 bits per heavy atom. The van der Waals surface area contributed by atoms with Crippen LogP contribution in [0.4, 0.5) is 5.69 Å². The van der Waals surface area contributed by atoms with Crippen molar-refractivity contribution in [3.63, 3.8) is 0 Å². The maximum Gasteiger partial charge on any atom is 0.317 e. The van der Waals surface area contributed by atoms with Crippen molar-refractivity contribution in [2.24, 2.45) is 0 Å². The fourth-order valence-corrected chi connectivity index (χ4v) is 2.48. The zero-order valence-corrected chi connectivity index (χ0v) is 12.9. The number of nitrogens with one attached hydrogen (secondary N) is 1. The summed E-state index contributed by atoms with van der Waals surface area (Å²) in [5, 5.41) is 12.2. The molecule has 1 heterocycles. The van der Waals surface area contributed by atoms with Crippen LogP contribution in [-0.4, -0.2) is 48.3 Å². The predicted molar refractivity (Wildman–Crippen MR) is 83.1 cm³/mol. The van der Waals surface area contributed by atoms with E-state index in [0.717, 1.165) is 30.8 Å². The largest absolute Gasteiger partial charge is 0.486 e. The minimum Gasteiger partial charge on any atom is -0.486 e. The summed E-state index contributed by atoms with van der Waals surface area (Å²) in [7, 11) is 1.84. The lowest BCUT2D eigenvalue weighted by Crippen LogP contribution is -2.35. The number of ether oxygens (including phenoxy) is 1. The van der Waals surface area contributed by atoms with Gasteiger partial charge in [-0.05, 0) is 44.5 Å². The lowest BCUT2D eigenvalue weighted by atomic mass is 10.0. The number of likely N-dealkylation sites (N-methyl/N-ethyl adjacent to an activating group) is 1. The van der Waals surface area contributed by atoms with Crippen molar-refractivity contribution >= 4 is 11.7 Å². The van der Waals surface area contributed by atoms with Crippen LogP contribution in [0.3, 0.4) is 0 Å². The molecule has 2 unspecified atom stereocenters. The number of carboxylic acid groups (broad SMARTS) is 1. The number of fused-ring (bicyclic) bond motifs is 1. The van der Waals surface area contributed by atoms with Gasteiger partial charge in [0.15, 0.2) is 0 Å². The van der Waals surface area contributed by atoms with Crippen molar-refractivity contribution < 1.29 is 14.6 Å². The van der Waals surface area contributed by atoms with E-state index in [4.69, 9.17) is 9.84 Å². The molecular weight excluding hydrogens is 268 g/mol. The van der Waals surface area contributed by atoms with Crippen molar-refractivity contribution in [1.82, 2.24) is 4.90 Å². The van der Waals surface area contributed by atoms with E-state index in [0.29, 0.717) is 0 Å². The number of hydrogen-bond acceptors (Lipinski definition) is 4. The summed E-state index contributed by atoms with van der Waals surface area (Å²) in [4.78, 5) is 12.6. The van der Waals surface area contributed by atoms with Gasteiger partial charge < -0.3 is 15.2 Å². The van der Waals surface area contributed by atoms with Crippen molar-refractivity contribution in [3.8, 4) is 5.75 Å². The van der Waals surface area contributed by atoms with Crippen LogP contribution < -0.4 is 10.1 Å². The molecule has 1 aromatic carbocycles. The van der Waals surface area contributed by atoms with Gasteiger partial charge in [-0.3, -0.25) is 9.69 Å². The van der Waals surface area contributed by atoms with Crippen molar-refractivity contribution in [3.05, 3.63) is 23.8 Å². The first-order valence-corrected chi connectivity index (χ1v) is 7.45. The second kappa shape index (κ2) is 6.80. The van der Waals surface area contributed by atoms with E-state index in [2.05, 4.69) is 24.4 Å². The van der Waals surface area contributed by atoms with Crippen LogP contribution in [0.15, 0.2) is 18.2 Å². The first kappa shape index (κ1) is 15.6. The van der Waals surface area contributed by atoms with Crippen LogP contribution in [0.5, 0.6) is 5.75 Å². The summed E-state index contributed by atoms with van der Waals surface area (Å²) >= 11 is 0. The molecule has 0 bridgehead atoms. The molecule has 1 aromatic rings. The monoisotopic (exact) mass is 292 g/mol. The molecule has 0 aromatic heterocycles. The first-order chi connectivity index (χ1) is 9.99. The van der Waals surface area contributed by atoms with Crippen molar-refractivity contribution in [2.75, 3.05) is 25.5 Å². The molecule has 21 heavy (non-hydrogen) atoms. The van der Waals surface area contributed by atoms with E-state index < -0.39 is 5.97 Å². The normalized spacial score (nSPS) is 18.6. The molecule has 0 radical (unpaired) electrons. The van der Waals surface area contributed by atoms with E-state index in [9.17, 15) is 4.79 Å². The summed E-state index contributed by atoms with van der Waals surface area (Å²) in [5.74, 6) is 0.110. The van der Waals surface area contributed by atoms with Gasteiger partial charge in [-0.25, -0.2) is 0 Å². The Bertz CT molecular complexity index is 504. The van der Waals surface area contributed by atoms with Gasteiger partial charge in [-0.15, -0.1) is 0 Å². The van der Waals surface area contributed by atoms with Gasteiger partial charge in [0.05, 0.1) is 18.8 Å². The quantitative estimate of drug-likeness (QED) is 0.842. The van der Waals surface area contributed by atoms with Crippen LogP contribution in [0.25, 0.3) is 0 Å². The molecule has 0 amide bonds. The summed E-state index contributed by atoms with van der Waals surface area (Å²) in [6.07, 6.45) is 2.05. The molecule has 0 spiro atoms. The first-order valence-electron chi connectivity index (χ1n) is 7.45. The smallest absolute Gasteiger partial charge is 0.317 e. The van der Waals surface area contributed by atoms with E-state index >= 15 is 0 Å². The average molecular weight is 292 g/mol. The van der Waals surface area contributed by atoms with Gasteiger partial charge in [-0.1, -0.05) is 13.0 Å². The molecule has 116 valence electrons. The number of rotatable bonds is 6. The Hall–Kier alpha value is -1.75. The van der Waals surface area contributed by atoms with Gasteiger partial charge in [-0.2, -0.15) is 0 Å². The number of nitrogens with zero attached hydrogens (tertiary/aromatic N) is 1. The molecule has 0 saturated heterocycles. The highest BCUT2D eigenvalue weighted by Crippen LogP contribution is 2.31. The van der Waals surface area contributed by atoms with Crippen LogP contribution >= 0.6 is 0 Å². The molecule has 5 nitrogen and oxygen atoms in total. The molecule has 2 rings (SSSR count). The topological polar surface area (TPSA) is 61.8 Å². The maximum absolute atomic E-state index is 10.7. The second-order valence-corrected chi connectivity index (χ2v) is 5.72. The molecule has 0 aliphatic carbocycles. The van der Waals surface area contributed by atoms with E-state index in [1.54, 1.807) is 0 Å². The zero-order chi connectivity index (χ0) is 15.4. The zero-order valence-electron chi connectivity index (χ0n) is 12.9. The number of aliphatic carboxylic acids is 1. The van der Waals surface area contributed by atoms with E-state index in [1.807, 2.05) is 24.9 Å². The SMILES string of the molecule is CCC1CNc2cc(CC(C)N(C)CC(=O)O)ccc2O1. The minimum atomic E-state index is -0.796. The van der Waals surface area contributed by atoms with Crippen LogP contribution in [-0.2, 0) is 11.2 Å². The van der Waals surface area contributed by atoms with Crippen molar-refractivity contribution in [2.45, 2.75) is 38.8 Å². The number of carbonyl (C=O) groups is 1. The lowest BCUT2D eigenvalue weighted by molar-refractivity contribution is -0.138. The third-order valence-electron chi connectivity index (χ3n) is 3.98. The number of anilines is 1. The minimum absolute atomic E-state index is 0.0612. The van der Waals surface area contributed by atoms with E-state index in [1.165, 1.54) is 5.56 Å². The van der Waals surface area contributed by atoms with Gasteiger partial charge in [0.2, 0.25) is 0 Å². The summed E-state index contributed by atoms with van der Waals surface area (Å²) < 4.78 is 5.89. The highest BCUT2D eigenvalue weighted by Gasteiger charge is 2.19. The van der Waals surface area contributed by atoms with Crippen LogP contribution in [0.1, 0.15) is 25.8 Å². The van der Waals surface area contributed by atoms with Crippen LogP contribution in [0, 0.1) is 0 Å². The summed E-state index contributed by atoms with van der Waals surface area (Å²) in [5.41, 5.74) is 2.22. The molecule has 1 aliphatic heterocycles. The fourth-order valence-electron chi connectivity index (χ4n) is 2.48. The molecule has 1 aliphatic rings. The summed E-state index contributed by atoms with van der Waals surface area (Å²) in [6, 6.07) is 6.34. The fraction of sp³-hybridized carbons (Fsp3) is 0.562. The Balaban J connectivity index is 2.01. The standard InChI is InChI=1S/C16H24N2O3/c1-4-13-9-17-14-8-12(5-6-15(14)21-13)7-11(2)18(3)10-16(19)20/h5-6,8,11,13,17H,4,7,9-10H2,1-3H3,(H,19,20). The highest BCUT2D eigenvalue weighted by molar-refractivity contribution is 5.69. The Labute approximate surface area is 125 Å². The number of carboxylic acids is 1. The van der Waals surface area contributed by atoms with Gasteiger partial charge in [0, 0.05) is 6.04 Å². The van der Waals surface area contributed by atoms with E-state index in [-0.39, 0.29) is 18.7 Å². The molecular formula is C16H24N2O3. The molecule has 0 saturated carbocycles. The van der Waals surface area contributed by atoms with Crippen molar-refractivity contribution in [1.29, 1.82) is 0 Å². The third-order valence-corrected chi connectivity index (χ3v) is 3.98. The van der Waals surface area contributed by atoms with Crippen LogP contribution in [0.2, 0.25) is 0 Å². The third kappa shape index (κ3) is 4.11. The molecule has 2 atom stereocenters. The van der Waals surface area contributed by atoms with Gasteiger partial charge in [0.25, 0.3) is 0 Å². The number of hydrogen-bond donors (Lipinski definition) is 2.